The van der Waals surface area contributed by atoms with E-state index in [9.17, 15) is 4.79 Å². The summed E-state index contributed by atoms with van der Waals surface area (Å²) >= 11 is 1.15. The molecule has 0 atom stereocenters. The van der Waals surface area contributed by atoms with Gasteiger partial charge in [-0.25, -0.2) is 0 Å². The van der Waals surface area contributed by atoms with Crippen LogP contribution in [0.1, 0.15) is 31.9 Å². The van der Waals surface area contributed by atoms with Crippen LogP contribution in [0.3, 0.4) is 0 Å². The van der Waals surface area contributed by atoms with E-state index >= 15 is 0 Å². The Kier molecular flexibility index (Phi) is 6.72. The third-order valence-electron chi connectivity index (χ3n) is 4.45. The zero-order valence-corrected chi connectivity index (χ0v) is 18.4. The molecular formula is C23H26N2O4S. The molecule has 0 radical (unpaired) electrons. The molecule has 0 unspecified atom stereocenters. The summed E-state index contributed by atoms with van der Waals surface area (Å²) in [7, 11) is 1.57. The van der Waals surface area contributed by atoms with Gasteiger partial charge in [0.2, 0.25) is 0 Å². The first-order valence-electron chi connectivity index (χ1n) is 9.58. The quantitative estimate of drug-likeness (QED) is 0.523. The molecule has 1 amide bonds. The van der Waals surface area contributed by atoms with E-state index in [2.05, 4.69) is 37.9 Å². The molecule has 0 saturated carbocycles. The Morgan fingerprint density at radius 1 is 1.03 bits per heavy atom. The van der Waals surface area contributed by atoms with Crippen LogP contribution in [0.2, 0.25) is 0 Å². The number of hydrogen-bond donors (Lipinski definition) is 1. The zero-order valence-electron chi connectivity index (χ0n) is 17.6. The molecule has 0 aromatic heterocycles. The molecule has 0 spiro atoms. The topological polar surface area (TPSA) is 83.1 Å². The van der Waals surface area contributed by atoms with Gasteiger partial charge in [-0.3, -0.25) is 4.79 Å². The van der Waals surface area contributed by atoms with Crippen LogP contribution in [0, 0.1) is 0 Å². The Hall–Kier alpha value is -2.93. The maximum atomic E-state index is 11.7. The third kappa shape index (κ3) is 5.57. The molecule has 2 N–H and O–H groups in total. The lowest BCUT2D eigenvalue weighted by Crippen LogP contribution is -2.11. The Morgan fingerprint density at radius 2 is 1.73 bits per heavy atom. The van der Waals surface area contributed by atoms with Crippen molar-refractivity contribution in [2.24, 2.45) is 10.7 Å². The van der Waals surface area contributed by atoms with Crippen molar-refractivity contribution in [2.75, 3.05) is 20.3 Å². The van der Waals surface area contributed by atoms with Gasteiger partial charge in [-0.1, -0.05) is 39.0 Å². The highest BCUT2D eigenvalue weighted by Crippen LogP contribution is 2.32. The molecule has 0 aliphatic carbocycles. The summed E-state index contributed by atoms with van der Waals surface area (Å²) in [5, 5.41) is 0.256. The number of carbonyl (C=O) groups excluding carboxylic acids is 1. The summed E-state index contributed by atoms with van der Waals surface area (Å²) in [6, 6.07) is 13.6. The second-order valence-electron chi connectivity index (χ2n) is 7.75. The van der Waals surface area contributed by atoms with E-state index in [-0.39, 0.29) is 16.5 Å². The smallest absolute Gasteiger partial charge is 0.286 e. The van der Waals surface area contributed by atoms with Crippen molar-refractivity contribution >= 4 is 28.9 Å². The molecule has 0 fully saturated rings. The average Bonchev–Trinajstić information content (AvgIpc) is 3.02. The highest BCUT2D eigenvalue weighted by Gasteiger charge is 2.19. The number of nitrogens with two attached hydrogens (primary N) is 1. The van der Waals surface area contributed by atoms with Gasteiger partial charge in [0.1, 0.15) is 19.0 Å². The summed E-state index contributed by atoms with van der Waals surface area (Å²) in [5.74, 6) is 1.65. The molecule has 158 valence electrons. The number of carbonyl (C=O) groups is 1. The number of methoxy groups -OCH3 is 1. The fourth-order valence-electron chi connectivity index (χ4n) is 2.83. The second kappa shape index (κ2) is 9.26. The number of hydrogen-bond acceptors (Lipinski definition) is 6. The van der Waals surface area contributed by atoms with E-state index < -0.39 is 0 Å². The average molecular weight is 427 g/mol. The van der Waals surface area contributed by atoms with Crippen LogP contribution in [-0.2, 0) is 10.2 Å². The molecule has 7 heteroatoms. The van der Waals surface area contributed by atoms with Gasteiger partial charge in [0.25, 0.3) is 5.91 Å². The van der Waals surface area contributed by atoms with Gasteiger partial charge < -0.3 is 19.9 Å². The first-order chi connectivity index (χ1) is 14.3. The highest BCUT2D eigenvalue weighted by atomic mass is 32.2. The summed E-state index contributed by atoms with van der Waals surface area (Å²) in [6.45, 7) is 7.32. The number of ether oxygens (including phenoxy) is 3. The van der Waals surface area contributed by atoms with Crippen molar-refractivity contribution in [3.63, 3.8) is 0 Å². The van der Waals surface area contributed by atoms with Gasteiger partial charge in [-0.2, -0.15) is 4.99 Å². The molecule has 1 aliphatic rings. The molecule has 1 aliphatic heterocycles. The number of nitrogens with zero attached hydrogens (tertiary/aromatic N) is 1. The first kappa shape index (κ1) is 21.8. The lowest BCUT2D eigenvalue weighted by atomic mass is 9.87. The second-order valence-corrected chi connectivity index (χ2v) is 8.81. The number of aliphatic imine (C=N–C) groups is 1. The maximum absolute atomic E-state index is 11.7. The Balaban J connectivity index is 1.55. The van der Waals surface area contributed by atoms with Crippen molar-refractivity contribution in [3.8, 4) is 17.2 Å². The first-order valence-corrected chi connectivity index (χ1v) is 10.4. The maximum Gasteiger partial charge on any atom is 0.286 e. The highest BCUT2D eigenvalue weighted by molar-refractivity contribution is 8.18. The molecule has 2 aromatic carbocycles. The number of amides is 1. The minimum Gasteiger partial charge on any atom is -0.493 e. The molecule has 2 aromatic rings. The largest absolute Gasteiger partial charge is 0.493 e. The fourth-order valence-corrected chi connectivity index (χ4v) is 3.51. The fraction of sp³-hybridized carbons (Fsp3) is 0.304. The van der Waals surface area contributed by atoms with E-state index in [0.29, 0.717) is 29.6 Å². The van der Waals surface area contributed by atoms with Crippen LogP contribution in [0.15, 0.2) is 52.4 Å². The van der Waals surface area contributed by atoms with Gasteiger partial charge in [0.05, 0.1) is 12.0 Å². The SMILES string of the molecule is COc1cc(/C=C2/SC(N)=NC2=O)ccc1OCCOc1ccc(C(C)(C)C)cc1. The lowest BCUT2D eigenvalue weighted by molar-refractivity contribution is -0.113. The minimum atomic E-state index is -0.329. The normalized spacial score (nSPS) is 15.3. The van der Waals surface area contributed by atoms with Gasteiger partial charge in [-0.05, 0) is 58.6 Å². The monoisotopic (exact) mass is 426 g/mol. The van der Waals surface area contributed by atoms with E-state index in [4.69, 9.17) is 19.9 Å². The Labute approximate surface area is 181 Å². The standard InChI is InChI=1S/C23H26N2O4S/c1-23(2,3)16-6-8-17(9-7-16)28-11-12-29-18-10-5-15(13-19(18)27-4)14-20-21(26)25-22(24)30-20/h5-10,13-14H,11-12H2,1-4H3,(H2,24,25,26)/b20-14+. The van der Waals surface area contributed by atoms with Crippen molar-refractivity contribution in [1.82, 2.24) is 0 Å². The number of rotatable bonds is 7. The van der Waals surface area contributed by atoms with Crippen LogP contribution in [-0.4, -0.2) is 31.4 Å². The summed E-state index contributed by atoms with van der Waals surface area (Å²) in [4.78, 5) is 15.9. The summed E-state index contributed by atoms with van der Waals surface area (Å²) in [6.07, 6.45) is 1.73. The van der Waals surface area contributed by atoms with Crippen LogP contribution < -0.4 is 19.9 Å². The Morgan fingerprint density at radius 3 is 2.33 bits per heavy atom. The van der Waals surface area contributed by atoms with Gasteiger partial charge in [0, 0.05) is 0 Å². The van der Waals surface area contributed by atoms with E-state index in [1.165, 1.54) is 5.56 Å². The molecule has 3 rings (SSSR count). The van der Waals surface area contributed by atoms with Crippen molar-refractivity contribution in [3.05, 3.63) is 58.5 Å². The number of amidine groups is 1. The summed E-state index contributed by atoms with van der Waals surface area (Å²) < 4.78 is 17.0. The Bertz CT molecular complexity index is 976. The van der Waals surface area contributed by atoms with E-state index in [0.717, 1.165) is 23.1 Å². The van der Waals surface area contributed by atoms with Crippen LogP contribution in [0.25, 0.3) is 6.08 Å². The van der Waals surface area contributed by atoms with Crippen LogP contribution in [0.4, 0.5) is 0 Å². The van der Waals surface area contributed by atoms with Crippen molar-refractivity contribution in [2.45, 2.75) is 26.2 Å². The number of benzene rings is 2. The molecule has 0 bridgehead atoms. The predicted octanol–water partition coefficient (Wildman–Crippen LogP) is 4.38. The molecule has 0 saturated heterocycles. The van der Waals surface area contributed by atoms with Crippen molar-refractivity contribution < 1.29 is 19.0 Å². The van der Waals surface area contributed by atoms with Gasteiger partial charge in [-0.15, -0.1) is 0 Å². The van der Waals surface area contributed by atoms with E-state index in [1.54, 1.807) is 25.3 Å². The lowest BCUT2D eigenvalue weighted by Gasteiger charge is -2.19. The molecule has 30 heavy (non-hydrogen) atoms. The zero-order chi connectivity index (χ0) is 21.7. The van der Waals surface area contributed by atoms with Crippen LogP contribution in [0.5, 0.6) is 17.2 Å². The van der Waals surface area contributed by atoms with Crippen molar-refractivity contribution in [1.29, 1.82) is 0 Å². The van der Waals surface area contributed by atoms with E-state index in [1.807, 2.05) is 18.2 Å². The van der Waals surface area contributed by atoms with Gasteiger partial charge in [0.15, 0.2) is 16.7 Å². The minimum absolute atomic E-state index is 0.115. The molecule has 6 nitrogen and oxygen atoms in total. The predicted molar refractivity (Wildman–Crippen MR) is 121 cm³/mol. The molecule has 1 heterocycles. The number of thioether (sulfide) groups is 1. The van der Waals surface area contributed by atoms with Crippen LogP contribution >= 0.6 is 11.8 Å². The third-order valence-corrected chi connectivity index (χ3v) is 5.27. The summed E-state index contributed by atoms with van der Waals surface area (Å²) in [5.41, 5.74) is 7.76. The van der Waals surface area contributed by atoms with Gasteiger partial charge >= 0.3 is 0 Å². The molecular weight excluding hydrogens is 400 g/mol.